The molecule has 0 aromatic heterocycles. The van der Waals surface area contributed by atoms with Crippen LogP contribution in [0.3, 0.4) is 0 Å². The van der Waals surface area contributed by atoms with Crippen LogP contribution in [-0.2, 0) is 0 Å². The lowest BCUT2D eigenvalue weighted by atomic mass is 10.0. The van der Waals surface area contributed by atoms with Gasteiger partial charge in [-0.15, -0.1) is 0 Å². The van der Waals surface area contributed by atoms with Crippen molar-refractivity contribution in [3.05, 3.63) is 106 Å². The summed E-state index contributed by atoms with van der Waals surface area (Å²) in [7, 11) is 1.52. The highest BCUT2D eigenvalue weighted by molar-refractivity contribution is 6.36. The van der Waals surface area contributed by atoms with Crippen LogP contribution in [0.25, 0.3) is 10.8 Å². The number of carbonyl (C=O) groups excluding carboxylic acids is 2. The first-order chi connectivity index (χ1) is 16.5. The minimum absolute atomic E-state index is 0.174. The van der Waals surface area contributed by atoms with Crippen molar-refractivity contribution in [3.63, 3.8) is 0 Å². The smallest absolute Gasteiger partial charge is 0.345 e. The molecule has 0 aliphatic carbocycles. The lowest BCUT2D eigenvalue weighted by molar-refractivity contribution is 0.0734. The van der Waals surface area contributed by atoms with Gasteiger partial charge in [0.05, 0.1) is 23.9 Å². The van der Waals surface area contributed by atoms with E-state index >= 15 is 0 Å². The van der Waals surface area contributed by atoms with E-state index in [-0.39, 0.29) is 16.3 Å². The molecule has 0 radical (unpaired) electrons. The summed E-state index contributed by atoms with van der Waals surface area (Å²) in [6.45, 7) is 0. The normalized spacial score (nSPS) is 10.9. The molecule has 0 unspecified atom stereocenters. The number of fused-ring (bicyclic) bond motifs is 1. The number of hydrazone groups is 1. The van der Waals surface area contributed by atoms with Gasteiger partial charge in [0.1, 0.15) is 11.5 Å². The van der Waals surface area contributed by atoms with Gasteiger partial charge in [0.15, 0.2) is 0 Å². The van der Waals surface area contributed by atoms with E-state index in [2.05, 4.69) is 10.5 Å². The molecular weight excluding hydrogens is 475 g/mol. The van der Waals surface area contributed by atoms with Crippen molar-refractivity contribution in [1.29, 1.82) is 0 Å². The molecular formula is C26H18Cl2N2O4. The second-order valence-corrected chi connectivity index (χ2v) is 7.99. The van der Waals surface area contributed by atoms with Crippen LogP contribution in [0, 0.1) is 0 Å². The molecule has 0 aliphatic heterocycles. The average Bonchev–Trinajstić information content (AvgIpc) is 2.85. The number of methoxy groups -OCH3 is 1. The van der Waals surface area contributed by atoms with Gasteiger partial charge in [-0.3, -0.25) is 4.79 Å². The number of carbonyl (C=O) groups is 2. The van der Waals surface area contributed by atoms with E-state index in [1.807, 2.05) is 30.3 Å². The average molecular weight is 493 g/mol. The fraction of sp³-hybridized carbons (Fsp3) is 0.0385. The molecule has 4 rings (SSSR count). The fourth-order valence-electron chi connectivity index (χ4n) is 3.29. The molecule has 0 saturated carbocycles. The summed E-state index contributed by atoms with van der Waals surface area (Å²) in [6, 6.07) is 22.3. The first kappa shape index (κ1) is 23.3. The first-order valence-electron chi connectivity index (χ1n) is 10.1. The Labute approximate surface area is 205 Å². The lowest BCUT2D eigenvalue weighted by Gasteiger charge is -2.11. The number of nitrogens with zero attached hydrogens (tertiary/aromatic N) is 1. The highest BCUT2D eigenvalue weighted by Crippen LogP contribution is 2.29. The molecule has 6 nitrogen and oxygen atoms in total. The van der Waals surface area contributed by atoms with E-state index in [1.165, 1.54) is 25.5 Å². The predicted octanol–water partition coefficient (Wildman–Crippen LogP) is 6.14. The van der Waals surface area contributed by atoms with Crippen molar-refractivity contribution in [2.75, 3.05) is 7.11 Å². The molecule has 170 valence electrons. The van der Waals surface area contributed by atoms with Crippen molar-refractivity contribution < 1.29 is 19.1 Å². The van der Waals surface area contributed by atoms with Gasteiger partial charge < -0.3 is 9.47 Å². The molecule has 0 bridgehead atoms. The largest absolute Gasteiger partial charge is 0.497 e. The van der Waals surface area contributed by atoms with Crippen molar-refractivity contribution in [1.82, 2.24) is 5.43 Å². The summed E-state index contributed by atoms with van der Waals surface area (Å²) >= 11 is 12.1. The van der Waals surface area contributed by atoms with Crippen molar-refractivity contribution >= 4 is 52.1 Å². The van der Waals surface area contributed by atoms with Gasteiger partial charge in [-0.1, -0.05) is 59.6 Å². The highest BCUT2D eigenvalue weighted by Gasteiger charge is 2.16. The third kappa shape index (κ3) is 5.20. The highest BCUT2D eigenvalue weighted by atomic mass is 35.5. The van der Waals surface area contributed by atoms with Crippen LogP contribution in [0.2, 0.25) is 10.0 Å². The van der Waals surface area contributed by atoms with Crippen molar-refractivity contribution in [3.8, 4) is 11.5 Å². The number of hydrogen-bond acceptors (Lipinski definition) is 5. The zero-order chi connectivity index (χ0) is 24.1. The van der Waals surface area contributed by atoms with Crippen molar-refractivity contribution in [2.24, 2.45) is 5.10 Å². The van der Waals surface area contributed by atoms with Crippen LogP contribution < -0.4 is 14.9 Å². The van der Waals surface area contributed by atoms with Crippen LogP contribution in [0.5, 0.6) is 11.5 Å². The van der Waals surface area contributed by atoms with Gasteiger partial charge in [-0.2, -0.15) is 5.10 Å². The van der Waals surface area contributed by atoms with Crippen LogP contribution in [0.4, 0.5) is 0 Å². The minimum atomic E-state index is -0.646. The summed E-state index contributed by atoms with van der Waals surface area (Å²) in [5.74, 6) is -0.247. The van der Waals surface area contributed by atoms with Crippen molar-refractivity contribution in [2.45, 2.75) is 0 Å². The van der Waals surface area contributed by atoms with Gasteiger partial charge in [-0.25, -0.2) is 10.2 Å². The Balaban J connectivity index is 1.63. The maximum atomic E-state index is 12.8. The van der Waals surface area contributed by atoms with E-state index in [0.717, 1.165) is 10.8 Å². The summed E-state index contributed by atoms with van der Waals surface area (Å²) in [5.41, 5.74) is 3.57. The minimum Gasteiger partial charge on any atom is -0.497 e. The maximum absolute atomic E-state index is 12.8. The zero-order valence-electron chi connectivity index (χ0n) is 17.9. The van der Waals surface area contributed by atoms with E-state index in [0.29, 0.717) is 21.9 Å². The molecule has 0 aliphatic rings. The molecule has 4 aromatic rings. The Morgan fingerprint density at radius 3 is 2.56 bits per heavy atom. The quantitative estimate of drug-likeness (QED) is 0.152. The zero-order valence-corrected chi connectivity index (χ0v) is 19.4. The molecule has 34 heavy (non-hydrogen) atoms. The summed E-state index contributed by atoms with van der Waals surface area (Å²) in [5, 5.41) is 6.38. The molecule has 0 heterocycles. The fourth-order valence-corrected chi connectivity index (χ4v) is 3.78. The van der Waals surface area contributed by atoms with E-state index in [1.54, 1.807) is 36.4 Å². The van der Waals surface area contributed by atoms with E-state index < -0.39 is 11.9 Å². The molecule has 0 atom stereocenters. The Kier molecular flexibility index (Phi) is 7.11. The Hall–Kier alpha value is -3.87. The van der Waals surface area contributed by atoms with Crippen LogP contribution >= 0.6 is 23.2 Å². The second kappa shape index (κ2) is 10.4. The Morgan fingerprint density at radius 2 is 1.76 bits per heavy atom. The van der Waals surface area contributed by atoms with Crippen LogP contribution in [0.15, 0.2) is 84.0 Å². The molecule has 4 aromatic carbocycles. The number of benzene rings is 4. The van der Waals surface area contributed by atoms with Crippen LogP contribution in [-0.4, -0.2) is 25.2 Å². The topological polar surface area (TPSA) is 77.0 Å². The Morgan fingerprint density at radius 1 is 0.941 bits per heavy atom. The summed E-state index contributed by atoms with van der Waals surface area (Å²) < 4.78 is 10.8. The number of hydrogen-bond donors (Lipinski definition) is 1. The standard InChI is InChI=1S/C26H18Cl2N2O4/c1-33-19-7-4-6-17(13-19)25(31)30-29-15-22-20-8-3-2-5-16(20)9-12-24(22)34-26(32)21-11-10-18(27)14-23(21)28/h2-15H,1H3,(H,30,31)/b29-15+. The SMILES string of the molecule is COc1cccc(C(=O)N/N=C/c2c(OC(=O)c3ccc(Cl)cc3Cl)ccc3ccccc23)c1. The predicted molar refractivity (Wildman–Crippen MR) is 133 cm³/mol. The number of ether oxygens (including phenoxy) is 2. The van der Waals surface area contributed by atoms with E-state index in [4.69, 9.17) is 32.7 Å². The summed E-state index contributed by atoms with van der Waals surface area (Å²) in [6.07, 6.45) is 1.44. The Bertz CT molecular complexity index is 1420. The number of halogens is 2. The molecule has 0 saturated heterocycles. The van der Waals surface area contributed by atoms with Gasteiger partial charge in [0.2, 0.25) is 0 Å². The van der Waals surface area contributed by atoms with Gasteiger partial charge in [0, 0.05) is 16.1 Å². The summed E-state index contributed by atoms with van der Waals surface area (Å²) in [4.78, 5) is 25.3. The molecule has 1 N–H and O–H groups in total. The van der Waals surface area contributed by atoms with Gasteiger partial charge >= 0.3 is 5.97 Å². The third-order valence-corrected chi connectivity index (χ3v) is 5.52. The second-order valence-electron chi connectivity index (χ2n) is 7.14. The third-order valence-electron chi connectivity index (χ3n) is 4.98. The molecule has 0 fully saturated rings. The maximum Gasteiger partial charge on any atom is 0.345 e. The number of esters is 1. The monoisotopic (exact) mass is 492 g/mol. The molecule has 0 spiro atoms. The van der Waals surface area contributed by atoms with Crippen LogP contribution in [0.1, 0.15) is 26.3 Å². The lowest BCUT2D eigenvalue weighted by Crippen LogP contribution is -2.17. The number of amides is 1. The molecule has 8 heteroatoms. The molecule has 1 amide bonds. The number of nitrogens with one attached hydrogen (secondary N) is 1. The first-order valence-corrected chi connectivity index (χ1v) is 10.9. The number of rotatable bonds is 6. The van der Waals surface area contributed by atoms with Gasteiger partial charge in [0.25, 0.3) is 5.91 Å². The van der Waals surface area contributed by atoms with E-state index in [9.17, 15) is 9.59 Å². The van der Waals surface area contributed by atoms with Gasteiger partial charge in [-0.05, 0) is 53.2 Å².